The van der Waals surface area contributed by atoms with Crippen LogP contribution in [0.1, 0.15) is 25.3 Å². The molecule has 1 rings (SSSR count). The van der Waals surface area contributed by atoms with Crippen LogP contribution in [0, 0.1) is 11.3 Å². The quantitative estimate of drug-likeness (QED) is 0.792. The van der Waals surface area contributed by atoms with Crippen molar-refractivity contribution >= 4 is 11.6 Å². The van der Waals surface area contributed by atoms with Crippen LogP contribution in [0.2, 0.25) is 0 Å². The number of nitriles is 1. The maximum atomic E-state index is 11.8. The van der Waals surface area contributed by atoms with Crippen LogP contribution in [-0.4, -0.2) is 42.2 Å². The van der Waals surface area contributed by atoms with Gasteiger partial charge in [-0.3, -0.25) is 4.79 Å². The number of hydrogen-bond acceptors (Lipinski definition) is 4. The second kappa shape index (κ2) is 8.31. The highest BCUT2D eigenvalue weighted by atomic mass is 16.3. The molecule has 1 aromatic rings. The number of nitrogens with zero attached hydrogens (tertiary/aromatic N) is 2. The second-order valence-electron chi connectivity index (χ2n) is 4.86. The highest BCUT2D eigenvalue weighted by Gasteiger charge is 2.08. The first-order valence-corrected chi connectivity index (χ1v) is 6.68. The summed E-state index contributed by atoms with van der Waals surface area (Å²) in [5.74, 6) is -0.0647. The summed E-state index contributed by atoms with van der Waals surface area (Å²) in [5.41, 5.74) is 1.17. The van der Waals surface area contributed by atoms with Crippen LogP contribution in [0.15, 0.2) is 24.3 Å². The fraction of sp³-hybridized carbons (Fsp3) is 0.467. The number of anilines is 1. The van der Waals surface area contributed by atoms with E-state index in [0.29, 0.717) is 17.7 Å². The number of amides is 1. The topological polar surface area (TPSA) is 76.4 Å². The number of carbonyl (C=O) groups is 1. The smallest absolute Gasteiger partial charge is 0.224 e. The molecule has 0 fully saturated rings. The van der Waals surface area contributed by atoms with Gasteiger partial charge in [-0.25, -0.2) is 0 Å². The number of benzene rings is 1. The second-order valence-corrected chi connectivity index (χ2v) is 4.86. The van der Waals surface area contributed by atoms with E-state index in [4.69, 9.17) is 10.4 Å². The fourth-order valence-electron chi connectivity index (χ4n) is 1.74. The van der Waals surface area contributed by atoms with Crippen LogP contribution in [0.5, 0.6) is 0 Å². The van der Waals surface area contributed by atoms with Gasteiger partial charge in [-0.1, -0.05) is 6.07 Å². The molecule has 0 aliphatic rings. The lowest BCUT2D eigenvalue weighted by molar-refractivity contribution is -0.116. The zero-order chi connectivity index (χ0) is 15.0. The van der Waals surface area contributed by atoms with Gasteiger partial charge in [-0.05, 0) is 45.1 Å². The van der Waals surface area contributed by atoms with Gasteiger partial charge in [-0.2, -0.15) is 5.26 Å². The van der Waals surface area contributed by atoms with Gasteiger partial charge >= 0.3 is 0 Å². The summed E-state index contributed by atoms with van der Waals surface area (Å²) in [4.78, 5) is 13.8. The lowest BCUT2D eigenvalue weighted by Gasteiger charge is -2.22. The van der Waals surface area contributed by atoms with Gasteiger partial charge in [0.1, 0.15) is 0 Å². The first-order chi connectivity index (χ1) is 9.56. The molecule has 0 heterocycles. The van der Waals surface area contributed by atoms with E-state index < -0.39 is 0 Å². The van der Waals surface area contributed by atoms with Crippen LogP contribution < -0.4 is 5.32 Å². The molecule has 0 bridgehead atoms. The van der Waals surface area contributed by atoms with Gasteiger partial charge in [0.15, 0.2) is 0 Å². The molecule has 0 aromatic heterocycles. The number of nitrogens with one attached hydrogen (secondary N) is 1. The fourth-order valence-corrected chi connectivity index (χ4v) is 1.74. The predicted molar refractivity (Wildman–Crippen MR) is 78.2 cm³/mol. The minimum Gasteiger partial charge on any atom is -0.395 e. The van der Waals surface area contributed by atoms with Crippen molar-refractivity contribution in [1.29, 1.82) is 5.26 Å². The van der Waals surface area contributed by atoms with Crippen molar-refractivity contribution in [3.63, 3.8) is 0 Å². The van der Waals surface area contributed by atoms with Crippen molar-refractivity contribution < 1.29 is 9.90 Å². The Morgan fingerprint density at radius 2 is 2.30 bits per heavy atom. The third-order valence-electron chi connectivity index (χ3n) is 3.21. The largest absolute Gasteiger partial charge is 0.395 e. The average Bonchev–Trinajstić information content (AvgIpc) is 2.46. The van der Waals surface area contributed by atoms with Crippen molar-refractivity contribution in [2.45, 2.75) is 25.8 Å². The molecule has 1 atom stereocenters. The first-order valence-electron chi connectivity index (χ1n) is 6.68. The summed E-state index contributed by atoms with van der Waals surface area (Å²) < 4.78 is 0. The molecule has 108 valence electrons. The van der Waals surface area contributed by atoms with Gasteiger partial charge in [0.05, 0.1) is 18.2 Å². The number of rotatable bonds is 7. The van der Waals surface area contributed by atoms with Gasteiger partial charge in [-0.15, -0.1) is 0 Å². The lowest BCUT2D eigenvalue weighted by Crippen LogP contribution is -2.33. The van der Waals surface area contributed by atoms with Crippen LogP contribution in [0.3, 0.4) is 0 Å². The van der Waals surface area contributed by atoms with Crippen molar-refractivity contribution in [3.05, 3.63) is 29.8 Å². The Kier molecular flexibility index (Phi) is 6.71. The molecule has 20 heavy (non-hydrogen) atoms. The Bertz CT molecular complexity index is 482. The van der Waals surface area contributed by atoms with E-state index in [9.17, 15) is 4.79 Å². The van der Waals surface area contributed by atoms with Gasteiger partial charge in [0, 0.05) is 18.2 Å². The first kappa shape index (κ1) is 16.2. The minimum absolute atomic E-state index is 0.0647. The minimum atomic E-state index is -0.0647. The maximum absolute atomic E-state index is 11.8. The molecule has 0 aliphatic heterocycles. The van der Waals surface area contributed by atoms with E-state index in [1.165, 1.54) is 0 Å². The highest BCUT2D eigenvalue weighted by Crippen LogP contribution is 2.10. The predicted octanol–water partition coefficient (Wildman–Crippen LogP) is 1.59. The molecular weight excluding hydrogens is 254 g/mol. The van der Waals surface area contributed by atoms with Crippen LogP contribution >= 0.6 is 0 Å². The van der Waals surface area contributed by atoms with E-state index in [2.05, 4.69) is 5.32 Å². The number of hydrogen-bond donors (Lipinski definition) is 2. The standard InChI is InChI=1S/C15H21N3O2/c1-12(11-19)18(2)8-4-7-15(20)17-14-6-3-5-13(9-14)10-16/h3,5-6,9,12,19H,4,7-8,11H2,1-2H3,(H,17,20). The number of aliphatic hydroxyl groups excluding tert-OH is 1. The summed E-state index contributed by atoms with van der Waals surface area (Å²) in [6.07, 6.45) is 1.14. The Balaban J connectivity index is 2.35. The highest BCUT2D eigenvalue weighted by molar-refractivity contribution is 5.90. The molecule has 1 amide bonds. The zero-order valence-corrected chi connectivity index (χ0v) is 12.0. The number of likely N-dealkylation sites (N-methyl/N-ethyl adjacent to an activating group) is 1. The van der Waals surface area contributed by atoms with Crippen molar-refractivity contribution in [3.8, 4) is 6.07 Å². The maximum Gasteiger partial charge on any atom is 0.224 e. The number of aliphatic hydroxyl groups is 1. The third kappa shape index (κ3) is 5.39. The normalized spacial score (nSPS) is 11.9. The molecule has 0 saturated carbocycles. The summed E-state index contributed by atoms with van der Waals surface area (Å²) in [5, 5.41) is 20.6. The van der Waals surface area contributed by atoms with Gasteiger partial charge < -0.3 is 15.3 Å². The molecule has 0 aliphatic carbocycles. The monoisotopic (exact) mass is 275 g/mol. The Morgan fingerprint density at radius 3 is 2.95 bits per heavy atom. The lowest BCUT2D eigenvalue weighted by atomic mass is 10.2. The van der Waals surface area contributed by atoms with Crippen LogP contribution in [0.25, 0.3) is 0 Å². The molecular formula is C15H21N3O2. The molecule has 0 radical (unpaired) electrons. The molecule has 1 unspecified atom stereocenters. The van der Waals surface area contributed by atoms with Gasteiger partial charge in [0.25, 0.3) is 0 Å². The molecule has 5 nitrogen and oxygen atoms in total. The average molecular weight is 275 g/mol. The molecule has 0 spiro atoms. The number of carbonyl (C=O) groups excluding carboxylic acids is 1. The van der Waals surface area contributed by atoms with E-state index in [-0.39, 0.29) is 18.6 Å². The Labute approximate surface area is 119 Å². The van der Waals surface area contributed by atoms with Crippen molar-refractivity contribution in [2.75, 3.05) is 25.5 Å². The summed E-state index contributed by atoms with van der Waals surface area (Å²) in [6.45, 7) is 2.81. The van der Waals surface area contributed by atoms with E-state index >= 15 is 0 Å². The van der Waals surface area contributed by atoms with E-state index in [1.54, 1.807) is 24.3 Å². The summed E-state index contributed by atoms with van der Waals surface area (Å²) >= 11 is 0. The molecule has 1 aromatic carbocycles. The summed E-state index contributed by atoms with van der Waals surface area (Å²) in [7, 11) is 1.93. The summed E-state index contributed by atoms with van der Waals surface area (Å²) in [6, 6.07) is 8.99. The van der Waals surface area contributed by atoms with E-state index in [1.807, 2.05) is 24.9 Å². The van der Waals surface area contributed by atoms with Crippen molar-refractivity contribution in [2.24, 2.45) is 0 Å². The Morgan fingerprint density at radius 1 is 1.55 bits per heavy atom. The van der Waals surface area contributed by atoms with Crippen LogP contribution in [0.4, 0.5) is 5.69 Å². The van der Waals surface area contributed by atoms with Gasteiger partial charge in [0.2, 0.25) is 5.91 Å². The SMILES string of the molecule is CC(CO)N(C)CCCC(=O)Nc1cccc(C#N)c1. The molecule has 0 saturated heterocycles. The third-order valence-corrected chi connectivity index (χ3v) is 3.21. The molecule has 2 N–H and O–H groups in total. The Hall–Kier alpha value is -1.90. The zero-order valence-electron chi connectivity index (χ0n) is 12.0. The molecule has 5 heteroatoms. The van der Waals surface area contributed by atoms with Crippen LogP contribution in [-0.2, 0) is 4.79 Å². The van der Waals surface area contributed by atoms with Crippen molar-refractivity contribution in [1.82, 2.24) is 4.90 Å². The van der Waals surface area contributed by atoms with E-state index in [0.717, 1.165) is 13.0 Å².